The summed E-state index contributed by atoms with van der Waals surface area (Å²) in [5.41, 5.74) is 4.86. The van der Waals surface area contributed by atoms with Crippen LogP contribution in [0, 0.1) is 13.8 Å². The molecule has 0 amide bonds. The van der Waals surface area contributed by atoms with E-state index < -0.39 is 0 Å². The average molecular weight is 289 g/mol. The summed E-state index contributed by atoms with van der Waals surface area (Å²) in [6.45, 7) is 7.22. The molecule has 0 saturated heterocycles. The second-order valence-corrected chi connectivity index (χ2v) is 5.55. The van der Waals surface area contributed by atoms with Crippen LogP contribution in [0.5, 0.6) is 0 Å². The number of rotatable bonds is 5. The zero-order valence-electron chi connectivity index (χ0n) is 12.3. The zero-order chi connectivity index (χ0) is 14.5. The number of nitrogens with zero attached hydrogens (tertiary/aromatic N) is 1. The standard InChI is InChI=1S/C17H21ClN2/c1-4-20-17(15-11-19-8-7-13(15)3)10-14-6-5-12(2)9-16(14)18/h5-9,11,17,20H,4,10H2,1-3H3. The van der Waals surface area contributed by atoms with Gasteiger partial charge in [0.2, 0.25) is 0 Å². The van der Waals surface area contributed by atoms with Crippen molar-refractivity contribution in [1.29, 1.82) is 0 Å². The summed E-state index contributed by atoms with van der Waals surface area (Å²) in [6, 6.07) is 8.55. The summed E-state index contributed by atoms with van der Waals surface area (Å²) in [4.78, 5) is 4.25. The molecule has 0 aliphatic heterocycles. The Morgan fingerprint density at radius 1 is 1.25 bits per heavy atom. The second kappa shape index (κ2) is 6.87. The number of pyridine rings is 1. The molecule has 0 saturated carbocycles. The van der Waals surface area contributed by atoms with E-state index in [-0.39, 0.29) is 6.04 Å². The second-order valence-electron chi connectivity index (χ2n) is 5.14. The Labute approximate surface area is 126 Å². The monoisotopic (exact) mass is 288 g/mol. The van der Waals surface area contributed by atoms with E-state index in [1.54, 1.807) is 0 Å². The highest BCUT2D eigenvalue weighted by atomic mass is 35.5. The lowest BCUT2D eigenvalue weighted by Crippen LogP contribution is -2.24. The number of nitrogens with one attached hydrogen (secondary N) is 1. The molecule has 3 heteroatoms. The maximum absolute atomic E-state index is 6.36. The first-order valence-electron chi connectivity index (χ1n) is 7.00. The number of aryl methyl sites for hydroxylation is 2. The summed E-state index contributed by atoms with van der Waals surface area (Å²) in [7, 11) is 0. The van der Waals surface area contributed by atoms with Gasteiger partial charge in [-0.1, -0.05) is 30.7 Å². The van der Waals surface area contributed by atoms with E-state index in [2.05, 4.69) is 49.3 Å². The van der Waals surface area contributed by atoms with Crippen molar-refractivity contribution in [3.8, 4) is 0 Å². The predicted octanol–water partition coefficient (Wildman–Crippen LogP) is 4.25. The Balaban J connectivity index is 2.28. The minimum atomic E-state index is 0.244. The van der Waals surface area contributed by atoms with Gasteiger partial charge < -0.3 is 5.32 Å². The van der Waals surface area contributed by atoms with Gasteiger partial charge in [-0.15, -0.1) is 0 Å². The molecule has 2 nitrogen and oxygen atoms in total. The zero-order valence-corrected chi connectivity index (χ0v) is 13.0. The van der Waals surface area contributed by atoms with E-state index in [4.69, 9.17) is 11.6 Å². The fraction of sp³-hybridized carbons (Fsp3) is 0.353. The first-order valence-corrected chi connectivity index (χ1v) is 7.38. The molecule has 1 aromatic heterocycles. The normalized spacial score (nSPS) is 12.4. The van der Waals surface area contributed by atoms with Crippen molar-refractivity contribution < 1.29 is 0 Å². The summed E-state index contributed by atoms with van der Waals surface area (Å²) < 4.78 is 0. The molecule has 0 spiro atoms. The topological polar surface area (TPSA) is 24.9 Å². The highest BCUT2D eigenvalue weighted by Gasteiger charge is 2.15. The minimum absolute atomic E-state index is 0.244. The third-order valence-electron chi connectivity index (χ3n) is 3.54. The van der Waals surface area contributed by atoms with Crippen LogP contribution in [0.15, 0.2) is 36.7 Å². The van der Waals surface area contributed by atoms with Gasteiger partial charge in [0.05, 0.1) is 0 Å². The van der Waals surface area contributed by atoms with Crippen molar-refractivity contribution in [2.24, 2.45) is 0 Å². The van der Waals surface area contributed by atoms with Gasteiger partial charge >= 0.3 is 0 Å². The van der Waals surface area contributed by atoms with Gasteiger partial charge in [-0.25, -0.2) is 0 Å². The summed E-state index contributed by atoms with van der Waals surface area (Å²) in [5, 5.41) is 4.37. The van der Waals surface area contributed by atoms with Crippen molar-refractivity contribution in [1.82, 2.24) is 10.3 Å². The average Bonchev–Trinajstić information content (AvgIpc) is 2.42. The van der Waals surface area contributed by atoms with Gasteiger partial charge in [0.25, 0.3) is 0 Å². The molecule has 0 radical (unpaired) electrons. The molecule has 20 heavy (non-hydrogen) atoms. The first kappa shape index (κ1) is 15.0. The Hall–Kier alpha value is -1.38. The molecule has 1 N–H and O–H groups in total. The molecule has 2 aromatic rings. The molecule has 0 fully saturated rings. The lowest BCUT2D eigenvalue weighted by Gasteiger charge is -2.20. The maximum atomic E-state index is 6.36. The largest absolute Gasteiger partial charge is 0.310 e. The van der Waals surface area contributed by atoms with Crippen molar-refractivity contribution in [3.63, 3.8) is 0 Å². The van der Waals surface area contributed by atoms with Crippen molar-refractivity contribution in [2.45, 2.75) is 33.2 Å². The van der Waals surface area contributed by atoms with Crippen molar-refractivity contribution >= 4 is 11.6 Å². The Bertz CT molecular complexity index is 581. The van der Waals surface area contributed by atoms with Crippen LogP contribution >= 0.6 is 11.6 Å². The van der Waals surface area contributed by atoms with E-state index in [0.29, 0.717) is 0 Å². The van der Waals surface area contributed by atoms with Crippen molar-refractivity contribution in [2.75, 3.05) is 6.54 Å². The van der Waals surface area contributed by atoms with Crippen LogP contribution in [0.25, 0.3) is 0 Å². The number of hydrogen-bond donors (Lipinski definition) is 1. The van der Waals surface area contributed by atoms with Crippen LogP contribution < -0.4 is 5.32 Å². The van der Waals surface area contributed by atoms with Gasteiger partial charge in [-0.2, -0.15) is 0 Å². The number of halogens is 1. The molecule has 106 valence electrons. The van der Waals surface area contributed by atoms with Gasteiger partial charge in [-0.05, 0) is 61.2 Å². The molecule has 2 rings (SSSR count). The summed E-state index contributed by atoms with van der Waals surface area (Å²) in [5.74, 6) is 0. The number of aromatic nitrogens is 1. The van der Waals surface area contributed by atoms with Crippen LogP contribution in [0.3, 0.4) is 0 Å². The fourth-order valence-corrected chi connectivity index (χ4v) is 2.73. The molecule has 1 unspecified atom stereocenters. The molecular formula is C17H21ClN2. The highest BCUT2D eigenvalue weighted by molar-refractivity contribution is 6.31. The van der Waals surface area contributed by atoms with E-state index in [0.717, 1.165) is 18.0 Å². The third-order valence-corrected chi connectivity index (χ3v) is 3.89. The predicted molar refractivity (Wildman–Crippen MR) is 85.3 cm³/mol. The van der Waals surface area contributed by atoms with Gasteiger partial charge in [0.15, 0.2) is 0 Å². The van der Waals surface area contributed by atoms with Gasteiger partial charge in [0.1, 0.15) is 0 Å². The van der Waals surface area contributed by atoms with Crippen LogP contribution in [-0.2, 0) is 6.42 Å². The number of likely N-dealkylation sites (N-methyl/N-ethyl adjacent to an activating group) is 1. The molecule has 1 atom stereocenters. The van der Waals surface area contributed by atoms with Crippen LogP contribution in [0.4, 0.5) is 0 Å². The fourth-order valence-electron chi connectivity index (χ4n) is 2.42. The summed E-state index contributed by atoms with van der Waals surface area (Å²) in [6.07, 6.45) is 4.66. The lowest BCUT2D eigenvalue weighted by atomic mass is 9.96. The summed E-state index contributed by atoms with van der Waals surface area (Å²) >= 11 is 6.36. The number of benzene rings is 1. The lowest BCUT2D eigenvalue weighted by molar-refractivity contribution is 0.545. The first-order chi connectivity index (χ1) is 9.61. The van der Waals surface area contributed by atoms with Crippen LogP contribution in [0.1, 0.15) is 35.2 Å². The SMILES string of the molecule is CCNC(Cc1ccc(C)cc1Cl)c1cnccc1C. The van der Waals surface area contributed by atoms with Crippen molar-refractivity contribution in [3.05, 3.63) is 63.9 Å². The molecule has 0 bridgehead atoms. The highest BCUT2D eigenvalue weighted by Crippen LogP contribution is 2.25. The van der Waals surface area contributed by atoms with Gasteiger partial charge in [0, 0.05) is 23.5 Å². The number of hydrogen-bond acceptors (Lipinski definition) is 2. The Kier molecular flexibility index (Phi) is 5.16. The van der Waals surface area contributed by atoms with E-state index in [9.17, 15) is 0 Å². The van der Waals surface area contributed by atoms with E-state index in [1.165, 1.54) is 22.3 Å². The smallest absolute Gasteiger partial charge is 0.0441 e. The molecule has 0 aliphatic carbocycles. The molecular weight excluding hydrogens is 268 g/mol. The maximum Gasteiger partial charge on any atom is 0.0441 e. The Morgan fingerprint density at radius 2 is 2.05 bits per heavy atom. The Morgan fingerprint density at radius 3 is 2.70 bits per heavy atom. The minimum Gasteiger partial charge on any atom is -0.310 e. The van der Waals surface area contributed by atoms with Crippen LogP contribution in [0.2, 0.25) is 5.02 Å². The van der Waals surface area contributed by atoms with E-state index >= 15 is 0 Å². The third kappa shape index (κ3) is 3.59. The van der Waals surface area contributed by atoms with Crippen LogP contribution in [-0.4, -0.2) is 11.5 Å². The molecule has 1 aromatic carbocycles. The quantitative estimate of drug-likeness (QED) is 0.890. The van der Waals surface area contributed by atoms with Gasteiger partial charge in [-0.3, -0.25) is 4.98 Å². The molecule has 1 heterocycles. The van der Waals surface area contributed by atoms with E-state index in [1.807, 2.05) is 18.5 Å². The molecule has 0 aliphatic rings.